The van der Waals surface area contributed by atoms with E-state index in [2.05, 4.69) is 53.3 Å². The molecule has 1 aromatic rings. The number of rotatable bonds is 7. The lowest BCUT2D eigenvalue weighted by atomic mass is 10.2. The number of nitrogens with zero attached hydrogens (tertiary/aromatic N) is 3. The van der Waals surface area contributed by atoms with Crippen LogP contribution in [0.1, 0.15) is 31.9 Å². The summed E-state index contributed by atoms with van der Waals surface area (Å²) in [6, 6.07) is 4.93. The van der Waals surface area contributed by atoms with Gasteiger partial charge in [-0.05, 0) is 52.0 Å². The van der Waals surface area contributed by atoms with Gasteiger partial charge in [0, 0.05) is 37.6 Å². The Kier molecular flexibility index (Phi) is 5.80. The van der Waals surface area contributed by atoms with E-state index in [1.807, 2.05) is 6.20 Å². The molecule has 0 saturated carbocycles. The molecule has 112 valence electrons. The van der Waals surface area contributed by atoms with E-state index in [-0.39, 0.29) is 0 Å². The van der Waals surface area contributed by atoms with Crippen LogP contribution in [0.15, 0.2) is 18.3 Å². The van der Waals surface area contributed by atoms with Gasteiger partial charge in [-0.3, -0.25) is 9.88 Å². The van der Waals surface area contributed by atoms with Crippen LogP contribution in [0.25, 0.3) is 0 Å². The van der Waals surface area contributed by atoms with Crippen molar-refractivity contribution in [3.8, 4) is 0 Å². The predicted octanol–water partition coefficient (Wildman–Crippen LogP) is 2.43. The molecule has 1 N–H and O–H groups in total. The molecule has 1 fully saturated rings. The normalized spacial score (nSPS) is 19.7. The molecule has 1 aliphatic heterocycles. The second-order valence-electron chi connectivity index (χ2n) is 5.99. The Bertz CT molecular complexity index is 405. The van der Waals surface area contributed by atoms with Gasteiger partial charge in [-0.15, -0.1) is 0 Å². The molecule has 0 amide bonds. The van der Waals surface area contributed by atoms with Crippen molar-refractivity contribution in [2.24, 2.45) is 0 Å². The minimum absolute atomic E-state index is 0.680. The fraction of sp³-hybridized carbons (Fsp3) is 0.688. The molecule has 1 aliphatic rings. The van der Waals surface area contributed by atoms with Gasteiger partial charge in [0.15, 0.2) is 0 Å². The summed E-state index contributed by atoms with van der Waals surface area (Å²) >= 11 is 0. The lowest BCUT2D eigenvalue weighted by Gasteiger charge is -2.26. The monoisotopic (exact) mass is 276 g/mol. The number of nitrogens with one attached hydrogen (secondary N) is 1. The van der Waals surface area contributed by atoms with Gasteiger partial charge in [-0.25, -0.2) is 0 Å². The SMILES string of the molecule is CCCNc1ccnc(CN2CCCC2CN(C)C)c1. The third-order valence-electron chi connectivity index (χ3n) is 3.84. The number of hydrogen-bond acceptors (Lipinski definition) is 4. The number of likely N-dealkylation sites (tertiary alicyclic amines) is 1. The first-order valence-electron chi connectivity index (χ1n) is 7.76. The molecular weight excluding hydrogens is 248 g/mol. The van der Waals surface area contributed by atoms with E-state index in [0.29, 0.717) is 6.04 Å². The van der Waals surface area contributed by atoms with E-state index in [4.69, 9.17) is 0 Å². The first-order valence-corrected chi connectivity index (χ1v) is 7.76. The number of anilines is 1. The molecule has 2 heterocycles. The van der Waals surface area contributed by atoms with Gasteiger partial charge < -0.3 is 10.2 Å². The molecule has 20 heavy (non-hydrogen) atoms. The van der Waals surface area contributed by atoms with Crippen molar-refractivity contribution in [1.82, 2.24) is 14.8 Å². The van der Waals surface area contributed by atoms with Crippen molar-refractivity contribution in [2.45, 2.75) is 38.8 Å². The highest BCUT2D eigenvalue weighted by molar-refractivity contribution is 5.43. The maximum atomic E-state index is 4.53. The molecule has 0 aromatic carbocycles. The summed E-state index contributed by atoms with van der Waals surface area (Å²) in [5, 5.41) is 3.44. The van der Waals surface area contributed by atoms with E-state index >= 15 is 0 Å². The number of pyridine rings is 1. The second-order valence-corrected chi connectivity index (χ2v) is 5.99. The van der Waals surface area contributed by atoms with Crippen LogP contribution in [0.3, 0.4) is 0 Å². The Morgan fingerprint density at radius 1 is 1.45 bits per heavy atom. The third kappa shape index (κ3) is 4.46. The summed E-state index contributed by atoms with van der Waals surface area (Å²) in [7, 11) is 4.31. The molecule has 0 aliphatic carbocycles. The van der Waals surface area contributed by atoms with Crippen molar-refractivity contribution in [2.75, 3.05) is 39.0 Å². The van der Waals surface area contributed by atoms with Crippen LogP contribution in [0.4, 0.5) is 5.69 Å². The summed E-state index contributed by atoms with van der Waals surface area (Å²) in [5.74, 6) is 0. The predicted molar refractivity (Wildman–Crippen MR) is 85.0 cm³/mol. The average molecular weight is 276 g/mol. The zero-order valence-corrected chi connectivity index (χ0v) is 13.1. The molecule has 4 heteroatoms. The Morgan fingerprint density at radius 2 is 2.30 bits per heavy atom. The average Bonchev–Trinajstić information content (AvgIpc) is 2.83. The second kappa shape index (κ2) is 7.60. The Hall–Kier alpha value is -1.13. The van der Waals surface area contributed by atoms with Gasteiger partial charge in [0.05, 0.1) is 5.69 Å². The molecule has 1 atom stereocenters. The topological polar surface area (TPSA) is 31.4 Å². The third-order valence-corrected chi connectivity index (χ3v) is 3.84. The quantitative estimate of drug-likeness (QED) is 0.829. The van der Waals surface area contributed by atoms with Crippen molar-refractivity contribution < 1.29 is 0 Å². The van der Waals surface area contributed by atoms with Crippen molar-refractivity contribution in [3.63, 3.8) is 0 Å². The van der Waals surface area contributed by atoms with Gasteiger partial charge in [0.2, 0.25) is 0 Å². The standard InChI is InChI=1S/C16H28N4/c1-4-8-17-14-7-9-18-15(11-14)12-20-10-5-6-16(20)13-19(2)3/h7,9,11,16H,4-6,8,10,12-13H2,1-3H3,(H,17,18). The molecule has 1 saturated heterocycles. The van der Waals surface area contributed by atoms with Crippen LogP contribution in [-0.4, -0.2) is 54.6 Å². The van der Waals surface area contributed by atoms with Gasteiger partial charge in [0.25, 0.3) is 0 Å². The van der Waals surface area contributed by atoms with Crippen molar-refractivity contribution >= 4 is 5.69 Å². The largest absolute Gasteiger partial charge is 0.385 e. The van der Waals surface area contributed by atoms with E-state index in [9.17, 15) is 0 Å². The van der Waals surface area contributed by atoms with Crippen LogP contribution in [0.5, 0.6) is 0 Å². The maximum absolute atomic E-state index is 4.53. The molecule has 1 aromatic heterocycles. The summed E-state index contributed by atoms with van der Waals surface area (Å²) in [5.41, 5.74) is 2.37. The minimum Gasteiger partial charge on any atom is -0.385 e. The highest BCUT2D eigenvalue weighted by Gasteiger charge is 2.25. The highest BCUT2D eigenvalue weighted by Crippen LogP contribution is 2.20. The van der Waals surface area contributed by atoms with E-state index < -0.39 is 0 Å². The van der Waals surface area contributed by atoms with Crippen molar-refractivity contribution in [1.29, 1.82) is 0 Å². The molecule has 4 nitrogen and oxygen atoms in total. The minimum atomic E-state index is 0.680. The van der Waals surface area contributed by atoms with E-state index in [0.717, 1.165) is 26.1 Å². The molecular formula is C16H28N4. The number of hydrogen-bond donors (Lipinski definition) is 1. The lowest BCUT2D eigenvalue weighted by molar-refractivity contribution is 0.199. The van der Waals surface area contributed by atoms with Crippen LogP contribution in [0, 0.1) is 0 Å². The molecule has 0 bridgehead atoms. The Labute approximate surface area is 123 Å². The smallest absolute Gasteiger partial charge is 0.0564 e. The molecule has 1 unspecified atom stereocenters. The summed E-state index contributed by atoms with van der Waals surface area (Å²) < 4.78 is 0. The summed E-state index contributed by atoms with van der Waals surface area (Å²) in [4.78, 5) is 9.39. The first kappa shape index (κ1) is 15.3. The van der Waals surface area contributed by atoms with Crippen LogP contribution >= 0.6 is 0 Å². The molecule has 0 radical (unpaired) electrons. The lowest BCUT2D eigenvalue weighted by Crippen LogP contribution is -2.37. The maximum Gasteiger partial charge on any atom is 0.0564 e. The van der Waals surface area contributed by atoms with E-state index in [1.165, 1.54) is 30.8 Å². The zero-order chi connectivity index (χ0) is 14.4. The van der Waals surface area contributed by atoms with Gasteiger partial charge in [0.1, 0.15) is 0 Å². The van der Waals surface area contributed by atoms with Gasteiger partial charge in [-0.1, -0.05) is 6.92 Å². The van der Waals surface area contributed by atoms with Gasteiger partial charge in [-0.2, -0.15) is 0 Å². The number of likely N-dealkylation sites (N-methyl/N-ethyl adjacent to an activating group) is 1. The van der Waals surface area contributed by atoms with Crippen LogP contribution in [0.2, 0.25) is 0 Å². The van der Waals surface area contributed by atoms with Gasteiger partial charge >= 0.3 is 0 Å². The summed E-state index contributed by atoms with van der Waals surface area (Å²) in [6.45, 7) is 6.53. The zero-order valence-electron chi connectivity index (χ0n) is 13.1. The Balaban J connectivity index is 1.94. The first-order chi connectivity index (χ1) is 9.69. The molecule has 0 spiro atoms. The molecule has 2 rings (SSSR count). The van der Waals surface area contributed by atoms with Crippen LogP contribution < -0.4 is 5.32 Å². The van der Waals surface area contributed by atoms with Crippen LogP contribution in [-0.2, 0) is 6.54 Å². The summed E-state index contributed by atoms with van der Waals surface area (Å²) in [6.07, 6.45) is 5.69. The Morgan fingerprint density at radius 3 is 3.05 bits per heavy atom. The van der Waals surface area contributed by atoms with E-state index in [1.54, 1.807) is 0 Å². The fourth-order valence-corrected chi connectivity index (χ4v) is 2.88. The number of aromatic nitrogens is 1. The van der Waals surface area contributed by atoms with Crippen molar-refractivity contribution in [3.05, 3.63) is 24.0 Å². The highest BCUT2D eigenvalue weighted by atomic mass is 15.2. The fourth-order valence-electron chi connectivity index (χ4n) is 2.88.